The van der Waals surface area contributed by atoms with Gasteiger partial charge in [0.05, 0.1) is 11.6 Å². The molecule has 1 aliphatic carbocycles. The Labute approximate surface area is 122 Å². The molecule has 0 unspecified atom stereocenters. The highest BCUT2D eigenvalue weighted by Crippen LogP contribution is 2.35. The van der Waals surface area contributed by atoms with E-state index in [2.05, 4.69) is 25.1 Å². The van der Waals surface area contributed by atoms with Crippen LogP contribution in [0.5, 0.6) is 0 Å². The fourth-order valence-corrected chi connectivity index (χ4v) is 2.99. The number of rotatable bonds is 6. The lowest BCUT2D eigenvalue weighted by Gasteiger charge is -2.28. The van der Waals surface area contributed by atoms with E-state index in [1.54, 1.807) is 0 Å². The summed E-state index contributed by atoms with van der Waals surface area (Å²) in [5.41, 5.74) is 2.15. The Bertz CT molecular complexity index is 424. The maximum Gasteiger partial charge on any atom is 0.0991 e. The summed E-state index contributed by atoms with van der Waals surface area (Å²) in [4.78, 5) is 0. The lowest BCUT2D eigenvalue weighted by Crippen LogP contribution is -2.18. The van der Waals surface area contributed by atoms with Crippen molar-refractivity contribution in [3.8, 4) is 6.07 Å². The van der Waals surface area contributed by atoms with Crippen molar-refractivity contribution in [2.75, 3.05) is 13.2 Å². The molecule has 1 saturated carbocycles. The molecular weight excluding hydrogens is 246 g/mol. The van der Waals surface area contributed by atoms with Crippen LogP contribution in [0.3, 0.4) is 0 Å². The van der Waals surface area contributed by atoms with Crippen LogP contribution in [-0.4, -0.2) is 13.2 Å². The first-order valence-electron chi connectivity index (χ1n) is 7.91. The van der Waals surface area contributed by atoms with Gasteiger partial charge in [-0.15, -0.1) is 0 Å². The largest absolute Gasteiger partial charge is 0.381 e. The Morgan fingerprint density at radius 2 is 1.85 bits per heavy atom. The highest BCUT2D eigenvalue weighted by Gasteiger charge is 2.22. The fourth-order valence-electron chi connectivity index (χ4n) is 2.99. The van der Waals surface area contributed by atoms with Crippen molar-refractivity contribution >= 4 is 0 Å². The summed E-state index contributed by atoms with van der Waals surface area (Å²) in [6.45, 7) is 4.07. The first-order valence-corrected chi connectivity index (χ1v) is 7.91. The number of nitrogens with zero attached hydrogens (tertiary/aromatic N) is 1. The number of hydrogen-bond acceptors (Lipinski definition) is 2. The molecule has 0 saturated heterocycles. The average Bonchev–Trinajstić information content (AvgIpc) is 2.52. The second-order valence-corrected chi connectivity index (χ2v) is 5.88. The van der Waals surface area contributed by atoms with Crippen molar-refractivity contribution in [3.05, 3.63) is 35.4 Å². The Morgan fingerprint density at radius 3 is 2.45 bits per heavy atom. The normalized spacial score (nSPS) is 22.4. The van der Waals surface area contributed by atoms with Gasteiger partial charge in [-0.1, -0.05) is 25.5 Å². The molecule has 0 amide bonds. The van der Waals surface area contributed by atoms with Gasteiger partial charge < -0.3 is 4.74 Å². The topological polar surface area (TPSA) is 33.0 Å². The van der Waals surface area contributed by atoms with Crippen molar-refractivity contribution in [1.29, 1.82) is 5.26 Å². The monoisotopic (exact) mass is 271 g/mol. The van der Waals surface area contributed by atoms with Crippen molar-refractivity contribution in [2.45, 2.75) is 51.4 Å². The first-order chi connectivity index (χ1) is 9.83. The summed E-state index contributed by atoms with van der Waals surface area (Å²) >= 11 is 0. The summed E-state index contributed by atoms with van der Waals surface area (Å²) in [5, 5.41) is 8.83. The molecule has 1 aliphatic rings. The second-order valence-electron chi connectivity index (χ2n) is 5.88. The molecule has 1 aromatic carbocycles. The predicted octanol–water partition coefficient (Wildman–Crippen LogP) is 4.65. The van der Waals surface area contributed by atoms with Gasteiger partial charge in [-0.25, -0.2) is 0 Å². The number of hydrogen-bond donors (Lipinski definition) is 0. The standard InChI is InChI=1S/C18H25NO/c1-2-3-12-20-14-16-6-10-18(11-7-16)17-8-4-15(13-19)5-9-17/h4-5,8-9,16,18H,2-3,6-7,10-12,14H2,1H3. The Hall–Kier alpha value is -1.33. The van der Waals surface area contributed by atoms with Gasteiger partial charge in [0.2, 0.25) is 0 Å². The zero-order chi connectivity index (χ0) is 14.2. The Morgan fingerprint density at radius 1 is 1.15 bits per heavy atom. The molecule has 2 rings (SSSR count). The van der Waals surface area contributed by atoms with Crippen LogP contribution in [-0.2, 0) is 4.74 Å². The molecule has 0 aromatic heterocycles. The van der Waals surface area contributed by atoms with E-state index in [1.807, 2.05) is 12.1 Å². The van der Waals surface area contributed by atoms with Gasteiger partial charge in [-0.05, 0) is 61.6 Å². The van der Waals surface area contributed by atoms with E-state index >= 15 is 0 Å². The summed E-state index contributed by atoms with van der Waals surface area (Å²) in [6.07, 6.45) is 7.46. The number of ether oxygens (including phenoxy) is 1. The molecule has 2 heteroatoms. The molecule has 0 N–H and O–H groups in total. The quantitative estimate of drug-likeness (QED) is 0.706. The third-order valence-electron chi connectivity index (χ3n) is 4.35. The molecule has 0 spiro atoms. The van der Waals surface area contributed by atoms with Gasteiger partial charge in [-0.3, -0.25) is 0 Å². The first kappa shape index (κ1) is 15.1. The molecule has 108 valence electrons. The number of unbranched alkanes of at least 4 members (excludes halogenated alkanes) is 1. The van der Waals surface area contributed by atoms with E-state index in [0.29, 0.717) is 5.92 Å². The molecule has 0 radical (unpaired) electrons. The molecule has 0 atom stereocenters. The minimum Gasteiger partial charge on any atom is -0.381 e. The van der Waals surface area contributed by atoms with Gasteiger partial charge >= 0.3 is 0 Å². The van der Waals surface area contributed by atoms with Crippen LogP contribution in [0.2, 0.25) is 0 Å². The Kier molecular flexibility index (Phi) is 6.08. The lowest BCUT2D eigenvalue weighted by molar-refractivity contribution is 0.0808. The van der Waals surface area contributed by atoms with E-state index in [9.17, 15) is 0 Å². The van der Waals surface area contributed by atoms with Crippen LogP contribution < -0.4 is 0 Å². The molecule has 1 fully saturated rings. The van der Waals surface area contributed by atoms with Crippen LogP contribution in [0.4, 0.5) is 0 Å². The predicted molar refractivity (Wildman–Crippen MR) is 81.6 cm³/mol. The minimum atomic E-state index is 0.676. The smallest absolute Gasteiger partial charge is 0.0991 e. The van der Waals surface area contributed by atoms with Gasteiger partial charge in [-0.2, -0.15) is 5.26 Å². The molecule has 0 bridgehead atoms. The molecule has 0 heterocycles. The van der Waals surface area contributed by atoms with E-state index in [0.717, 1.165) is 24.7 Å². The SMILES string of the molecule is CCCCOCC1CCC(c2ccc(C#N)cc2)CC1. The highest BCUT2D eigenvalue weighted by atomic mass is 16.5. The number of benzene rings is 1. The van der Waals surface area contributed by atoms with Crippen molar-refractivity contribution in [1.82, 2.24) is 0 Å². The van der Waals surface area contributed by atoms with Crippen molar-refractivity contribution in [2.24, 2.45) is 5.92 Å². The van der Waals surface area contributed by atoms with Gasteiger partial charge in [0.25, 0.3) is 0 Å². The van der Waals surface area contributed by atoms with Crippen molar-refractivity contribution < 1.29 is 4.74 Å². The van der Waals surface area contributed by atoms with E-state index < -0.39 is 0 Å². The van der Waals surface area contributed by atoms with Gasteiger partial charge in [0.1, 0.15) is 0 Å². The third-order valence-corrected chi connectivity index (χ3v) is 4.35. The molecular formula is C18H25NO. The Balaban J connectivity index is 1.74. The molecule has 2 nitrogen and oxygen atoms in total. The summed E-state index contributed by atoms with van der Waals surface area (Å²) < 4.78 is 5.75. The molecule has 0 aliphatic heterocycles. The van der Waals surface area contributed by atoms with E-state index in [4.69, 9.17) is 10.00 Å². The van der Waals surface area contributed by atoms with Crippen LogP contribution in [0.1, 0.15) is 62.5 Å². The van der Waals surface area contributed by atoms with E-state index in [1.165, 1.54) is 44.1 Å². The summed E-state index contributed by atoms with van der Waals surface area (Å²) in [7, 11) is 0. The second kappa shape index (κ2) is 8.07. The molecule has 1 aromatic rings. The highest BCUT2D eigenvalue weighted by molar-refractivity contribution is 5.33. The zero-order valence-electron chi connectivity index (χ0n) is 12.5. The molecule has 20 heavy (non-hydrogen) atoms. The van der Waals surface area contributed by atoms with Gasteiger partial charge in [0, 0.05) is 13.2 Å². The van der Waals surface area contributed by atoms with Gasteiger partial charge in [0.15, 0.2) is 0 Å². The maximum absolute atomic E-state index is 8.83. The van der Waals surface area contributed by atoms with Crippen LogP contribution in [0.25, 0.3) is 0 Å². The number of nitriles is 1. The maximum atomic E-state index is 8.83. The van der Waals surface area contributed by atoms with Crippen LogP contribution >= 0.6 is 0 Å². The summed E-state index contributed by atoms with van der Waals surface area (Å²) in [5.74, 6) is 1.43. The lowest BCUT2D eigenvalue weighted by atomic mass is 9.79. The van der Waals surface area contributed by atoms with E-state index in [-0.39, 0.29) is 0 Å². The third kappa shape index (κ3) is 4.35. The van der Waals surface area contributed by atoms with Crippen molar-refractivity contribution in [3.63, 3.8) is 0 Å². The fraction of sp³-hybridized carbons (Fsp3) is 0.611. The zero-order valence-corrected chi connectivity index (χ0v) is 12.5. The van der Waals surface area contributed by atoms with Crippen LogP contribution in [0.15, 0.2) is 24.3 Å². The van der Waals surface area contributed by atoms with Crippen LogP contribution in [0, 0.1) is 17.2 Å². The minimum absolute atomic E-state index is 0.676. The average molecular weight is 271 g/mol. The summed E-state index contributed by atoms with van der Waals surface area (Å²) in [6, 6.07) is 10.3.